The SMILES string of the molecule is COc1ncc(NC(=O)C(=O)N2C[C@@H](C)[C@@H](OC)C[C@@]2(C)c2ccc3scnc3c2)cc1C(N)=O. The van der Waals surface area contributed by atoms with Crippen LogP contribution >= 0.6 is 11.3 Å². The van der Waals surface area contributed by atoms with Crippen molar-refractivity contribution in [3.05, 3.63) is 47.1 Å². The average Bonchev–Trinajstić information content (AvgIpc) is 3.32. The Morgan fingerprint density at radius 2 is 2.00 bits per heavy atom. The summed E-state index contributed by atoms with van der Waals surface area (Å²) in [6, 6.07) is 7.23. The largest absolute Gasteiger partial charge is 0.480 e. The van der Waals surface area contributed by atoms with Gasteiger partial charge in [-0.3, -0.25) is 14.4 Å². The molecule has 0 bridgehead atoms. The number of thiazole rings is 1. The molecule has 3 atom stereocenters. The van der Waals surface area contributed by atoms with Gasteiger partial charge >= 0.3 is 11.8 Å². The van der Waals surface area contributed by atoms with Crippen LogP contribution in [0.15, 0.2) is 36.0 Å². The second kappa shape index (κ2) is 9.59. The van der Waals surface area contributed by atoms with E-state index < -0.39 is 23.3 Å². The number of benzene rings is 1. The number of fused-ring (bicyclic) bond motifs is 1. The van der Waals surface area contributed by atoms with Gasteiger partial charge in [0.2, 0.25) is 5.88 Å². The van der Waals surface area contributed by atoms with Crippen LogP contribution < -0.4 is 15.8 Å². The number of rotatable bonds is 5. The summed E-state index contributed by atoms with van der Waals surface area (Å²) >= 11 is 1.54. The number of anilines is 1. The first kappa shape index (κ1) is 24.6. The van der Waals surface area contributed by atoms with Crippen LogP contribution in [-0.4, -0.2) is 59.5 Å². The lowest BCUT2D eigenvalue weighted by Gasteiger charge is -2.49. The Morgan fingerprint density at radius 3 is 2.69 bits per heavy atom. The molecule has 1 aliphatic heterocycles. The van der Waals surface area contributed by atoms with Crippen molar-refractivity contribution in [1.29, 1.82) is 0 Å². The second-order valence-corrected chi connectivity index (χ2v) is 9.67. The minimum Gasteiger partial charge on any atom is -0.480 e. The zero-order valence-corrected chi connectivity index (χ0v) is 20.7. The van der Waals surface area contributed by atoms with Gasteiger partial charge in [-0.25, -0.2) is 9.97 Å². The van der Waals surface area contributed by atoms with E-state index in [1.54, 1.807) is 17.5 Å². The zero-order chi connectivity index (χ0) is 25.3. The molecule has 1 saturated heterocycles. The topological polar surface area (TPSA) is 137 Å². The summed E-state index contributed by atoms with van der Waals surface area (Å²) in [5.41, 5.74) is 8.20. The molecule has 10 nitrogen and oxygen atoms in total. The molecule has 2 aromatic heterocycles. The van der Waals surface area contributed by atoms with Crippen LogP contribution in [0.2, 0.25) is 0 Å². The molecule has 11 heteroatoms. The highest BCUT2D eigenvalue weighted by molar-refractivity contribution is 7.16. The van der Waals surface area contributed by atoms with Gasteiger partial charge in [-0.1, -0.05) is 13.0 Å². The number of amides is 3. The summed E-state index contributed by atoms with van der Waals surface area (Å²) in [7, 11) is 3.01. The van der Waals surface area contributed by atoms with E-state index in [9.17, 15) is 14.4 Å². The number of ether oxygens (including phenoxy) is 2. The first-order chi connectivity index (χ1) is 16.7. The van der Waals surface area contributed by atoms with Crippen molar-refractivity contribution in [3.63, 3.8) is 0 Å². The lowest BCUT2D eigenvalue weighted by molar-refractivity contribution is -0.155. The standard InChI is InChI=1S/C24H27N5O5S/c1-13-11-29(23(32)21(31)28-15-8-16(20(25)30)22(34-4)26-10-15)24(2,9-18(13)33-3)14-5-6-19-17(7-14)27-12-35-19/h5-8,10,12-13,18H,9,11H2,1-4H3,(H2,25,30)(H,28,31)/t13-,18+,24+/m1/s1. The summed E-state index contributed by atoms with van der Waals surface area (Å²) in [5.74, 6) is -2.28. The van der Waals surface area contributed by atoms with E-state index in [0.717, 1.165) is 15.8 Å². The molecule has 1 fully saturated rings. The number of nitrogens with two attached hydrogens (primary N) is 1. The number of nitrogens with one attached hydrogen (secondary N) is 1. The molecule has 4 rings (SSSR count). The summed E-state index contributed by atoms with van der Waals surface area (Å²) in [4.78, 5) is 48.3. The van der Waals surface area contributed by atoms with Crippen molar-refractivity contribution in [2.45, 2.75) is 31.9 Å². The molecular formula is C24H27N5O5S. The summed E-state index contributed by atoms with van der Waals surface area (Å²) in [6.07, 6.45) is 1.71. The molecule has 184 valence electrons. The fraction of sp³-hybridized carbons (Fsp3) is 0.375. The number of hydrogen-bond donors (Lipinski definition) is 2. The van der Waals surface area contributed by atoms with E-state index >= 15 is 0 Å². The van der Waals surface area contributed by atoms with Crippen LogP contribution in [0.3, 0.4) is 0 Å². The highest BCUT2D eigenvalue weighted by Gasteiger charge is 2.47. The van der Waals surface area contributed by atoms with Gasteiger partial charge in [0.25, 0.3) is 5.91 Å². The van der Waals surface area contributed by atoms with E-state index in [2.05, 4.69) is 15.3 Å². The molecule has 3 aromatic rings. The van der Waals surface area contributed by atoms with Gasteiger partial charge in [0.15, 0.2) is 0 Å². The third-order valence-electron chi connectivity index (χ3n) is 6.56. The van der Waals surface area contributed by atoms with Gasteiger partial charge in [-0.2, -0.15) is 0 Å². The number of aromatic nitrogens is 2. The molecule has 35 heavy (non-hydrogen) atoms. The first-order valence-electron chi connectivity index (χ1n) is 11.0. The lowest BCUT2D eigenvalue weighted by Crippen LogP contribution is -2.59. The van der Waals surface area contributed by atoms with Gasteiger partial charge in [0.1, 0.15) is 5.56 Å². The number of hydrogen-bond acceptors (Lipinski definition) is 8. The molecule has 0 aliphatic carbocycles. The fourth-order valence-corrected chi connectivity index (χ4v) is 5.23. The maximum atomic E-state index is 13.5. The monoisotopic (exact) mass is 497 g/mol. The Labute approximate surface area is 206 Å². The summed E-state index contributed by atoms with van der Waals surface area (Å²) in [5, 5.41) is 2.54. The Kier molecular flexibility index (Phi) is 6.73. The molecule has 0 spiro atoms. The predicted octanol–water partition coefficient (Wildman–Crippen LogP) is 2.54. The van der Waals surface area contributed by atoms with E-state index in [1.165, 1.54) is 30.7 Å². The Balaban J connectivity index is 1.66. The van der Waals surface area contributed by atoms with Crippen LogP contribution in [-0.2, 0) is 19.9 Å². The van der Waals surface area contributed by atoms with Crippen molar-refractivity contribution in [2.75, 3.05) is 26.1 Å². The number of methoxy groups -OCH3 is 2. The predicted molar refractivity (Wildman–Crippen MR) is 131 cm³/mol. The van der Waals surface area contributed by atoms with Crippen LogP contribution in [0.4, 0.5) is 5.69 Å². The van der Waals surface area contributed by atoms with Crippen molar-refractivity contribution in [1.82, 2.24) is 14.9 Å². The first-order valence-corrected chi connectivity index (χ1v) is 11.9. The number of piperidine rings is 1. The summed E-state index contributed by atoms with van der Waals surface area (Å²) < 4.78 is 11.8. The zero-order valence-electron chi connectivity index (χ0n) is 19.9. The quantitative estimate of drug-likeness (QED) is 0.517. The number of nitrogens with zero attached hydrogens (tertiary/aromatic N) is 3. The third-order valence-corrected chi connectivity index (χ3v) is 7.37. The fourth-order valence-electron chi connectivity index (χ4n) is 4.57. The lowest BCUT2D eigenvalue weighted by atomic mass is 9.77. The van der Waals surface area contributed by atoms with Crippen LogP contribution in [0, 0.1) is 5.92 Å². The Morgan fingerprint density at radius 1 is 1.23 bits per heavy atom. The third kappa shape index (κ3) is 4.56. The van der Waals surface area contributed by atoms with E-state index in [0.29, 0.717) is 13.0 Å². The Hall–Kier alpha value is -3.57. The van der Waals surface area contributed by atoms with E-state index in [1.807, 2.05) is 32.0 Å². The number of pyridine rings is 1. The molecule has 0 unspecified atom stereocenters. The van der Waals surface area contributed by atoms with Gasteiger partial charge in [-0.15, -0.1) is 11.3 Å². The smallest absolute Gasteiger partial charge is 0.313 e. The van der Waals surface area contributed by atoms with Gasteiger partial charge < -0.3 is 25.4 Å². The second-order valence-electron chi connectivity index (χ2n) is 8.78. The maximum absolute atomic E-state index is 13.5. The molecule has 1 aromatic carbocycles. The molecule has 0 radical (unpaired) electrons. The van der Waals surface area contributed by atoms with E-state index in [4.69, 9.17) is 15.2 Å². The highest BCUT2D eigenvalue weighted by atomic mass is 32.1. The molecule has 3 N–H and O–H groups in total. The van der Waals surface area contributed by atoms with Crippen molar-refractivity contribution in [3.8, 4) is 5.88 Å². The van der Waals surface area contributed by atoms with Crippen molar-refractivity contribution in [2.24, 2.45) is 11.7 Å². The maximum Gasteiger partial charge on any atom is 0.313 e. The molecular weight excluding hydrogens is 470 g/mol. The van der Waals surface area contributed by atoms with E-state index in [-0.39, 0.29) is 29.2 Å². The summed E-state index contributed by atoms with van der Waals surface area (Å²) in [6.45, 7) is 4.25. The minimum atomic E-state index is -0.851. The number of primary amides is 1. The van der Waals surface area contributed by atoms with Crippen LogP contribution in [0.25, 0.3) is 10.2 Å². The van der Waals surface area contributed by atoms with Crippen molar-refractivity contribution < 1.29 is 23.9 Å². The minimum absolute atomic E-state index is 0.00585. The number of carbonyl (C=O) groups excluding carboxylic acids is 3. The Bertz CT molecular complexity index is 1290. The molecule has 3 amide bonds. The van der Waals surface area contributed by atoms with Gasteiger partial charge in [0.05, 0.1) is 46.4 Å². The molecule has 3 heterocycles. The van der Waals surface area contributed by atoms with Crippen molar-refractivity contribution >= 4 is 45.0 Å². The molecule has 0 saturated carbocycles. The number of carbonyl (C=O) groups is 3. The van der Waals surface area contributed by atoms with Crippen LogP contribution in [0.5, 0.6) is 5.88 Å². The van der Waals surface area contributed by atoms with Gasteiger partial charge in [-0.05, 0) is 30.7 Å². The highest BCUT2D eigenvalue weighted by Crippen LogP contribution is 2.41. The average molecular weight is 498 g/mol. The van der Waals surface area contributed by atoms with Gasteiger partial charge in [0, 0.05) is 26.0 Å². The van der Waals surface area contributed by atoms with Crippen LogP contribution in [0.1, 0.15) is 36.2 Å². The molecule has 1 aliphatic rings. The normalized spacial score (nSPS) is 22.1. The number of likely N-dealkylation sites (tertiary alicyclic amines) is 1.